The van der Waals surface area contributed by atoms with Gasteiger partial charge in [-0.05, 0) is 11.6 Å². The monoisotopic (exact) mass is 240 g/mol. The lowest BCUT2D eigenvalue weighted by atomic mass is 10.1. The van der Waals surface area contributed by atoms with Gasteiger partial charge >= 0.3 is 0 Å². The van der Waals surface area contributed by atoms with Crippen molar-refractivity contribution >= 4 is 30.4 Å². The quantitative estimate of drug-likeness (QED) is 0.337. The Hall–Kier alpha value is -2.08. The van der Waals surface area contributed by atoms with Crippen LogP contribution >= 0.6 is 12.4 Å². The zero-order valence-corrected chi connectivity index (χ0v) is 9.24. The van der Waals surface area contributed by atoms with E-state index in [4.69, 9.17) is 22.6 Å². The van der Waals surface area contributed by atoms with E-state index >= 15 is 0 Å². The first-order valence-electron chi connectivity index (χ1n) is 4.16. The van der Waals surface area contributed by atoms with Crippen LogP contribution in [0.25, 0.3) is 0 Å². The van der Waals surface area contributed by atoms with Crippen LogP contribution in [-0.4, -0.2) is 18.0 Å². The highest BCUT2D eigenvalue weighted by atomic mass is 35.5. The molecule has 86 valence electrons. The SMILES string of the molecule is Cl.N=C(N)c1cccc(/C=N/N=C(N)N)c1. The smallest absolute Gasteiger partial charge is 0.211 e. The van der Waals surface area contributed by atoms with E-state index in [1.807, 2.05) is 0 Å². The van der Waals surface area contributed by atoms with Gasteiger partial charge in [0.15, 0.2) is 0 Å². The van der Waals surface area contributed by atoms with Gasteiger partial charge in [-0.3, -0.25) is 5.41 Å². The average molecular weight is 241 g/mol. The molecule has 0 aliphatic rings. The molecule has 0 heterocycles. The number of benzene rings is 1. The summed E-state index contributed by atoms with van der Waals surface area (Å²) in [5, 5.41) is 14.3. The molecule has 0 unspecified atom stereocenters. The van der Waals surface area contributed by atoms with Gasteiger partial charge in [0.1, 0.15) is 5.84 Å². The van der Waals surface area contributed by atoms with Crippen molar-refractivity contribution in [1.29, 1.82) is 5.41 Å². The minimum Gasteiger partial charge on any atom is -0.384 e. The molecule has 0 bridgehead atoms. The van der Waals surface area contributed by atoms with Gasteiger partial charge < -0.3 is 17.2 Å². The second-order valence-corrected chi connectivity index (χ2v) is 2.81. The average Bonchev–Trinajstić information content (AvgIpc) is 2.17. The van der Waals surface area contributed by atoms with Crippen molar-refractivity contribution in [3.8, 4) is 0 Å². The van der Waals surface area contributed by atoms with Crippen molar-refractivity contribution < 1.29 is 0 Å². The molecule has 0 amide bonds. The topological polar surface area (TPSA) is 127 Å². The lowest BCUT2D eigenvalue weighted by molar-refractivity contribution is 1.21. The Morgan fingerprint density at radius 3 is 2.50 bits per heavy atom. The van der Waals surface area contributed by atoms with Crippen molar-refractivity contribution in [3.05, 3.63) is 35.4 Å². The fourth-order valence-electron chi connectivity index (χ4n) is 0.949. The Kier molecular flexibility index (Phi) is 5.58. The first kappa shape index (κ1) is 13.9. The highest BCUT2D eigenvalue weighted by Gasteiger charge is 1.95. The molecule has 0 fully saturated rings. The highest BCUT2D eigenvalue weighted by Crippen LogP contribution is 2.02. The molecule has 1 aromatic carbocycles. The molecule has 0 aromatic heterocycles. The number of nitrogen functional groups attached to an aromatic ring is 1. The molecule has 0 aliphatic heterocycles. The molecular formula is C9H13ClN6. The van der Waals surface area contributed by atoms with Crippen molar-refractivity contribution in [2.45, 2.75) is 0 Å². The van der Waals surface area contributed by atoms with Gasteiger partial charge in [-0.2, -0.15) is 5.10 Å². The Morgan fingerprint density at radius 1 is 1.25 bits per heavy atom. The van der Waals surface area contributed by atoms with Crippen LogP contribution in [0.2, 0.25) is 0 Å². The van der Waals surface area contributed by atoms with Crippen LogP contribution < -0.4 is 17.2 Å². The number of nitrogens with zero attached hydrogens (tertiary/aromatic N) is 2. The van der Waals surface area contributed by atoms with E-state index in [-0.39, 0.29) is 24.2 Å². The van der Waals surface area contributed by atoms with Crippen LogP contribution in [0.15, 0.2) is 34.5 Å². The predicted molar refractivity (Wildman–Crippen MR) is 68.1 cm³/mol. The summed E-state index contributed by atoms with van der Waals surface area (Å²) in [4.78, 5) is 0. The number of halogens is 1. The third-order valence-electron chi connectivity index (χ3n) is 1.58. The fraction of sp³-hybridized carbons (Fsp3) is 0. The van der Waals surface area contributed by atoms with Crippen molar-refractivity contribution in [1.82, 2.24) is 0 Å². The summed E-state index contributed by atoms with van der Waals surface area (Å²) in [5.41, 5.74) is 16.9. The number of amidine groups is 1. The summed E-state index contributed by atoms with van der Waals surface area (Å²) in [6, 6.07) is 7.03. The summed E-state index contributed by atoms with van der Waals surface area (Å²) in [6.45, 7) is 0. The first-order valence-corrected chi connectivity index (χ1v) is 4.16. The van der Waals surface area contributed by atoms with Gasteiger partial charge in [-0.1, -0.05) is 18.2 Å². The minimum absolute atomic E-state index is 0. The first-order chi connectivity index (χ1) is 7.09. The summed E-state index contributed by atoms with van der Waals surface area (Å²) < 4.78 is 0. The second-order valence-electron chi connectivity index (χ2n) is 2.81. The van der Waals surface area contributed by atoms with Crippen LogP contribution in [-0.2, 0) is 0 Å². The maximum Gasteiger partial charge on any atom is 0.211 e. The van der Waals surface area contributed by atoms with Gasteiger partial charge in [0.25, 0.3) is 0 Å². The highest BCUT2D eigenvalue weighted by molar-refractivity contribution is 5.96. The predicted octanol–water partition coefficient (Wildman–Crippen LogP) is -0.000230. The molecule has 0 aliphatic carbocycles. The molecule has 0 radical (unpaired) electrons. The number of hydrogen-bond acceptors (Lipinski definition) is 3. The number of hydrogen-bond donors (Lipinski definition) is 4. The second kappa shape index (κ2) is 6.41. The van der Waals surface area contributed by atoms with Crippen LogP contribution in [0.4, 0.5) is 0 Å². The van der Waals surface area contributed by atoms with E-state index in [1.165, 1.54) is 6.21 Å². The van der Waals surface area contributed by atoms with Gasteiger partial charge in [0, 0.05) is 5.56 Å². The van der Waals surface area contributed by atoms with Gasteiger partial charge in [-0.15, -0.1) is 17.5 Å². The molecular weight excluding hydrogens is 228 g/mol. The maximum absolute atomic E-state index is 7.24. The zero-order valence-electron chi connectivity index (χ0n) is 8.42. The van der Waals surface area contributed by atoms with Crippen LogP contribution in [0, 0.1) is 5.41 Å². The summed E-state index contributed by atoms with van der Waals surface area (Å²) >= 11 is 0. The van der Waals surface area contributed by atoms with Gasteiger partial charge in [0.05, 0.1) is 6.21 Å². The minimum atomic E-state index is -0.103. The Labute approximate surface area is 99.1 Å². The Balaban J connectivity index is 0.00000225. The molecule has 0 spiro atoms. The molecule has 7 N–H and O–H groups in total. The molecule has 0 saturated carbocycles. The van der Waals surface area contributed by atoms with Gasteiger partial charge in [0.2, 0.25) is 5.96 Å². The Bertz CT molecular complexity index is 422. The third-order valence-corrected chi connectivity index (χ3v) is 1.58. The third kappa shape index (κ3) is 4.43. The van der Waals surface area contributed by atoms with Crippen LogP contribution in [0.3, 0.4) is 0 Å². The van der Waals surface area contributed by atoms with Crippen molar-refractivity contribution in [2.24, 2.45) is 27.4 Å². The van der Waals surface area contributed by atoms with Crippen molar-refractivity contribution in [2.75, 3.05) is 0 Å². The molecule has 1 aromatic rings. The maximum atomic E-state index is 7.24. The summed E-state index contributed by atoms with van der Waals surface area (Å²) in [6.07, 6.45) is 1.48. The standard InChI is InChI=1S/C9H12N6.ClH/c10-8(11)7-3-1-2-6(4-7)5-14-15-9(12)13;/h1-5H,(H3,10,11)(H4,12,13,15);1H/b14-5+;. The molecule has 1 rings (SSSR count). The zero-order chi connectivity index (χ0) is 11.3. The molecule has 16 heavy (non-hydrogen) atoms. The van der Waals surface area contributed by atoms with Crippen molar-refractivity contribution in [3.63, 3.8) is 0 Å². The molecule has 0 atom stereocenters. The number of nitrogens with two attached hydrogens (primary N) is 3. The lowest BCUT2D eigenvalue weighted by Crippen LogP contribution is -2.21. The Morgan fingerprint density at radius 2 is 1.94 bits per heavy atom. The van der Waals surface area contributed by atoms with E-state index in [0.717, 1.165) is 5.56 Å². The number of guanidine groups is 1. The molecule has 0 saturated heterocycles. The number of nitrogens with one attached hydrogen (secondary N) is 1. The largest absolute Gasteiger partial charge is 0.384 e. The molecule has 6 nitrogen and oxygen atoms in total. The fourth-order valence-corrected chi connectivity index (χ4v) is 0.949. The van der Waals surface area contributed by atoms with Crippen LogP contribution in [0.5, 0.6) is 0 Å². The van der Waals surface area contributed by atoms with E-state index in [1.54, 1.807) is 24.3 Å². The van der Waals surface area contributed by atoms with E-state index < -0.39 is 0 Å². The number of rotatable bonds is 3. The lowest BCUT2D eigenvalue weighted by Gasteiger charge is -1.98. The molecule has 7 heteroatoms. The van der Waals surface area contributed by atoms with Gasteiger partial charge in [-0.25, -0.2) is 0 Å². The van der Waals surface area contributed by atoms with E-state index in [9.17, 15) is 0 Å². The summed E-state index contributed by atoms with van der Waals surface area (Å²) in [7, 11) is 0. The van der Waals surface area contributed by atoms with E-state index in [2.05, 4.69) is 10.2 Å². The summed E-state index contributed by atoms with van der Waals surface area (Å²) in [5.74, 6) is -0.0962. The van der Waals surface area contributed by atoms with E-state index in [0.29, 0.717) is 5.56 Å². The normalized spacial score (nSPS) is 9.50. The van der Waals surface area contributed by atoms with Crippen LogP contribution in [0.1, 0.15) is 11.1 Å².